The van der Waals surface area contributed by atoms with Gasteiger partial charge in [0, 0.05) is 35.2 Å². The zero-order valence-corrected chi connectivity index (χ0v) is 22.0. The molecule has 9 nitrogen and oxygen atoms in total. The molecule has 1 saturated heterocycles. The first-order chi connectivity index (χ1) is 18.9. The van der Waals surface area contributed by atoms with Crippen LogP contribution in [0.1, 0.15) is 61.0 Å². The average molecular weight is 550 g/mol. The summed E-state index contributed by atoms with van der Waals surface area (Å²) in [6, 6.07) is 7.52. The molecule has 4 heterocycles. The summed E-state index contributed by atoms with van der Waals surface area (Å²) < 4.78 is 17.0. The van der Waals surface area contributed by atoms with Gasteiger partial charge in [-0.05, 0) is 68.2 Å². The normalized spacial score (nSPS) is 20.3. The highest BCUT2D eigenvalue weighted by atomic mass is 32.2. The summed E-state index contributed by atoms with van der Waals surface area (Å²) in [6.07, 6.45) is 6.09. The molecule has 11 heteroatoms. The summed E-state index contributed by atoms with van der Waals surface area (Å²) in [5.41, 5.74) is -0.322. The Hall–Kier alpha value is -3.73. The van der Waals surface area contributed by atoms with Crippen LogP contribution in [0.4, 0.5) is 4.39 Å². The van der Waals surface area contributed by atoms with Crippen LogP contribution in [0.5, 0.6) is 0 Å². The first-order valence-electron chi connectivity index (χ1n) is 13.2. The highest BCUT2D eigenvalue weighted by molar-refractivity contribution is 7.99. The molecule has 0 bridgehead atoms. The molecule has 0 spiro atoms. The van der Waals surface area contributed by atoms with Gasteiger partial charge in [0.1, 0.15) is 17.0 Å². The van der Waals surface area contributed by atoms with Gasteiger partial charge in [-0.25, -0.2) is 14.2 Å². The largest absolute Gasteiger partial charge is 0.360 e. The summed E-state index contributed by atoms with van der Waals surface area (Å²) in [7, 11) is 0. The minimum atomic E-state index is -0.620. The maximum atomic E-state index is 14.1. The second kappa shape index (κ2) is 10.4. The van der Waals surface area contributed by atoms with Gasteiger partial charge in [0.05, 0.1) is 11.6 Å². The number of pyridine rings is 2. The molecule has 4 aromatic rings. The first-order valence-corrected chi connectivity index (χ1v) is 14.4. The number of thioether (sulfide) groups is 1. The number of carbonyl (C=O) groups is 1. The van der Waals surface area contributed by atoms with E-state index in [-0.39, 0.29) is 40.2 Å². The van der Waals surface area contributed by atoms with Crippen molar-refractivity contribution in [2.75, 3.05) is 11.5 Å². The van der Waals surface area contributed by atoms with Crippen LogP contribution in [0.3, 0.4) is 0 Å². The molecule has 0 atom stereocenters. The molecule has 1 aliphatic heterocycles. The Morgan fingerprint density at radius 2 is 1.69 bits per heavy atom. The minimum Gasteiger partial charge on any atom is -0.360 e. The molecule has 39 heavy (non-hydrogen) atoms. The van der Waals surface area contributed by atoms with Crippen molar-refractivity contribution in [2.45, 2.75) is 56.7 Å². The number of benzene rings is 1. The molecule has 3 aromatic heterocycles. The monoisotopic (exact) mass is 549 g/mol. The lowest BCUT2D eigenvalue weighted by atomic mass is 9.90. The maximum Gasteiger partial charge on any atom is 0.333 e. The molecule has 2 N–H and O–H groups in total. The maximum absolute atomic E-state index is 14.1. The van der Waals surface area contributed by atoms with Gasteiger partial charge in [0.15, 0.2) is 0 Å². The summed E-state index contributed by atoms with van der Waals surface area (Å²) in [5, 5.41) is 3.51. The molecule has 2 aliphatic rings. The van der Waals surface area contributed by atoms with Crippen molar-refractivity contribution in [3.63, 3.8) is 0 Å². The van der Waals surface area contributed by atoms with Gasteiger partial charge in [-0.15, -0.1) is 0 Å². The van der Waals surface area contributed by atoms with Crippen molar-refractivity contribution in [3.8, 4) is 0 Å². The number of rotatable bonds is 4. The summed E-state index contributed by atoms with van der Waals surface area (Å²) in [4.78, 5) is 60.1. The van der Waals surface area contributed by atoms with Crippen LogP contribution < -0.4 is 22.0 Å². The number of nitrogens with one attached hydrogen (secondary N) is 2. The molecule has 2 fully saturated rings. The number of hydrogen-bond acceptors (Lipinski definition) is 6. The van der Waals surface area contributed by atoms with Crippen molar-refractivity contribution >= 4 is 39.6 Å². The molecule has 6 rings (SSSR count). The smallest absolute Gasteiger partial charge is 0.333 e. The predicted octanol–water partition coefficient (Wildman–Crippen LogP) is 3.52. The Bertz CT molecular complexity index is 1750. The Kier molecular flexibility index (Phi) is 6.84. The van der Waals surface area contributed by atoms with E-state index in [1.807, 2.05) is 17.8 Å². The highest BCUT2D eigenvalue weighted by Crippen LogP contribution is 2.30. The molecule has 1 aliphatic carbocycles. The van der Waals surface area contributed by atoms with Gasteiger partial charge in [0.2, 0.25) is 5.43 Å². The quantitative estimate of drug-likeness (QED) is 0.402. The van der Waals surface area contributed by atoms with Crippen molar-refractivity contribution < 1.29 is 9.18 Å². The Morgan fingerprint density at radius 3 is 2.46 bits per heavy atom. The fourth-order valence-corrected chi connectivity index (χ4v) is 6.96. The van der Waals surface area contributed by atoms with Gasteiger partial charge in [0.25, 0.3) is 11.5 Å². The summed E-state index contributed by atoms with van der Waals surface area (Å²) in [6.45, 7) is 0. The average Bonchev–Trinajstić information content (AvgIpc) is 2.95. The third-order valence-corrected chi connectivity index (χ3v) is 8.96. The third kappa shape index (κ3) is 4.69. The minimum absolute atomic E-state index is 0.0460. The van der Waals surface area contributed by atoms with Crippen molar-refractivity contribution in [2.24, 2.45) is 0 Å². The van der Waals surface area contributed by atoms with Crippen LogP contribution >= 0.6 is 11.8 Å². The van der Waals surface area contributed by atoms with Crippen LogP contribution in [0.2, 0.25) is 0 Å². The van der Waals surface area contributed by atoms with Crippen molar-refractivity contribution in [1.82, 2.24) is 24.4 Å². The third-order valence-electron chi connectivity index (χ3n) is 7.91. The van der Waals surface area contributed by atoms with Crippen LogP contribution in [0, 0.1) is 5.82 Å². The fourth-order valence-electron chi connectivity index (χ4n) is 5.88. The molecule has 0 radical (unpaired) electrons. The van der Waals surface area contributed by atoms with E-state index in [9.17, 15) is 23.6 Å². The van der Waals surface area contributed by atoms with E-state index in [0.717, 1.165) is 30.5 Å². The van der Waals surface area contributed by atoms with E-state index >= 15 is 0 Å². The molecule has 1 aromatic carbocycles. The number of nitrogens with zero attached hydrogens (tertiary/aromatic N) is 3. The molecule has 1 saturated carbocycles. The van der Waals surface area contributed by atoms with E-state index < -0.39 is 23.0 Å². The lowest BCUT2D eigenvalue weighted by Gasteiger charge is -2.31. The number of halogens is 1. The molecule has 0 unspecified atom stereocenters. The number of fused-ring (bicyclic) bond motifs is 2. The van der Waals surface area contributed by atoms with E-state index in [2.05, 4.69) is 15.3 Å². The number of H-pyrrole nitrogens is 1. The molecular formula is C28H28FN5O4S. The number of para-hydroxylation sites is 1. The molecule has 202 valence electrons. The summed E-state index contributed by atoms with van der Waals surface area (Å²) >= 11 is 1.83. The molecule has 1 amide bonds. The van der Waals surface area contributed by atoms with Gasteiger partial charge < -0.3 is 10.3 Å². The number of carbonyl (C=O) groups excluding carboxylic acids is 1. The van der Waals surface area contributed by atoms with Crippen LogP contribution in [-0.2, 0) is 0 Å². The second-order valence-corrected chi connectivity index (χ2v) is 11.5. The standard InChI is InChI=1S/C28H28FN5O4S/c29-16-13-21-25(31-14-16)33(19-9-11-39-12-10-19)28(38)34(27(21)37)18-7-5-17(6-8-18)32-26(36)22-15-30-23-4-2-1-3-20(23)24(22)35/h1-4,13-15,17-19H,5-12H2,(H,30,35)(H,32,36)/t17-,18+. The Morgan fingerprint density at radius 1 is 0.974 bits per heavy atom. The second-order valence-electron chi connectivity index (χ2n) is 10.3. The number of amides is 1. The number of aromatic nitrogens is 4. The van der Waals surface area contributed by atoms with Crippen molar-refractivity contribution in [3.05, 3.63) is 85.2 Å². The van der Waals surface area contributed by atoms with Gasteiger partial charge in [-0.1, -0.05) is 12.1 Å². The molecular weight excluding hydrogens is 521 g/mol. The van der Waals surface area contributed by atoms with E-state index in [1.165, 1.54) is 16.8 Å². The van der Waals surface area contributed by atoms with Gasteiger partial charge >= 0.3 is 5.69 Å². The van der Waals surface area contributed by atoms with Gasteiger partial charge in [-0.3, -0.25) is 23.5 Å². The summed E-state index contributed by atoms with van der Waals surface area (Å²) in [5.74, 6) is 0.742. The van der Waals surface area contributed by atoms with E-state index in [0.29, 0.717) is 36.6 Å². The lowest BCUT2D eigenvalue weighted by molar-refractivity contribution is 0.0920. The number of aromatic amines is 1. The van der Waals surface area contributed by atoms with Crippen molar-refractivity contribution in [1.29, 1.82) is 0 Å². The Labute approximate surface area is 226 Å². The van der Waals surface area contributed by atoms with Crippen LogP contribution in [-0.4, -0.2) is 42.6 Å². The highest BCUT2D eigenvalue weighted by Gasteiger charge is 2.30. The van der Waals surface area contributed by atoms with Crippen LogP contribution in [0.15, 0.2) is 57.1 Å². The predicted molar refractivity (Wildman–Crippen MR) is 149 cm³/mol. The first kappa shape index (κ1) is 25.5. The zero-order valence-electron chi connectivity index (χ0n) is 21.2. The zero-order chi connectivity index (χ0) is 27.1. The van der Waals surface area contributed by atoms with E-state index in [1.54, 1.807) is 22.8 Å². The topological polar surface area (TPSA) is 119 Å². The van der Waals surface area contributed by atoms with E-state index in [4.69, 9.17) is 0 Å². The fraction of sp³-hybridized carbons (Fsp3) is 0.393. The number of hydrogen-bond donors (Lipinski definition) is 2. The van der Waals surface area contributed by atoms with Crippen LogP contribution in [0.25, 0.3) is 21.9 Å². The SMILES string of the molecule is O=C(N[C@H]1CC[C@@H](n2c(=O)c3cc(F)cnc3n(C3CCSCC3)c2=O)CC1)c1c[nH]c2ccccc2c1=O. The van der Waals surface area contributed by atoms with Gasteiger partial charge in [-0.2, -0.15) is 11.8 Å². The lowest BCUT2D eigenvalue weighted by Crippen LogP contribution is -2.46. The Balaban J connectivity index is 1.25.